The lowest BCUT2D eigenvalue weighted by Crippen LogP contribution is -2.30. The number of esters is 3. The van der Waals surface area contributed by atoms with Crippen molar-refractivity contribution in [1.29, 1.82) is 0 Å². The Hall–Kier alpha value is -2.89. The van der Waals surface area contributed by atoms with Gasteiger partial charge in [0.2, 0.25) is 0 Å². The van der Waals surface area contributed by atoms with Gasteiger partial charge in [-0.3, -0.25) is 14.4 Å². The van der Waals surface area contributed by atoms with Crippen molar-refractivity contribution >= 4 is 17.9 Å². The molecule has 0 aromatic heterocycles. The SMILES string of the molecule is CCCCCCC/C=C\C/C=C\C/C=C\CCCCCCCCCCCCCCC(=O)OCC(COC(=O)CCCCCCC/C=C\CCCCCCCCC)OC(=O)CCCCCCCCCCC/C=C\CCCCCCCCCC. The minimum Gasteiger partial charge on any atom is -0.462 e. The smallest absolute Gasteiger partial charge is 0.306 e. The van der Waals surface area contributed by atoms with Crippen molar-refractivity contribution in [3.8, 4) is 0 Å². The van der Waals surface area contributed by atoms with Crippen LogP contribution < -0.4 is 0 Å². The summed E-state index contributed by atoms with van der Waals surface area (Å²) in [7, 11) is 0. The van der Waals surface area contributed by atoms with E-state index in [-0.39, 0.29) is 31.1 Å². The van der Waals surface area contributed by atoms with Crippen LogP contribution in [0.4, 0.5) is 0 Å². The van der Waals surface area contributed by atoms with E-state index in [0.717, 1.165) is 77.0 Å². The molecule has 0 saturated heterocycles. The Labute approximate surface area is 510 Å². The molecule has 0 radical (unpaired) electrons. The summed E-state index contributed by atoms with van der Waals surface area (Å²) in [6.07, 6.45) is 91.0. The van der Waals surface area contributed by atoms with Crippen molar-refractivity contribution in [2.75, 3.05) is 13.2 Å². The third-order valence-corrected chi connectivity index (χ3v) is 16.2. The molecule has 0 saturated carbocycles. The molecule has 478 valence electrons. The van der Waals surface area contributed by atoms with Crippen molar-refractivity contribution in [2.45, 2.75) is 393 Å². The van der Waals surface area contributed by atoms with Gasteiger partial charge in [-0.2, -0.15) is 0 Å². The van der Waals surface area contributed by atoms with Gasteiger partial charge >= 0.3 is 17.9 Å². The van der Waals surface area contributed by atoms with Gasteiger partial charge in [0.05, 0.1) is 0 Å². The minimum absolute atomic E-state index is 0.0758. The van der Waals surface area contributed by atoms with E-state index < -0.39 is 6.10 Å². The predicted molar refractivity (Wildman–Crippen MR) is 358 cm³/mol. The molecule has 0 amide bonds. The van der Waals surface area contributed by atoms with Gasteiger partial charge in [-0.25, -0.2) is 0 Å². The van der Waals surface area contributed by atoms with Crippen LogP contribution >= 0.6 is 0 Å². The Morgan fingerprint density at radius 3 is 0.695 bits per heavy atom. The van der Waals surface area contributed by atoms with Gasteiger partial charge < -0.3 is 14.2 Å². The summed E-state index contributed by atoms with van der Waals surface area (Å²) >= 11 is 0. The van der Waals surface area contributed by atoms with Gasteiger partial charge in [0.1, 0.15) is 13.2 Å². The van der Waals surface area contributed by atoms with Gasteiger partial charge in [-0.1, -0.05) is 319 Å². The Bertz CT molecular complexity index is 1460. The highest BCUT2D eigenvalue weighted by Gasteiger charge is 2.19. The van der Waals surface area contributed by atoms with Gasteiger partial charge in [-0.05, 0) is 109 Å². The van der Waals surface area contributed by atoms with Crippen LogP contribution in [-0.2, 0) is 28.6 Å². The molecule has 0 aliphatic heterocycles. The highest BCUT2D eigenvalue weighted by Crippen LogP contribution is 2.18. The Kier molecular flexibility index (Phi) is 68.1. The quantitative estimate of drug-likeness (QED) is 0.0261. The first-order valence-corrected chi connectivity index (χ1v) is 36.3. The van der Waals surface area contributed by atoms with Crippen molar-refractivity contribution < 1.29 is 28.6 Å². The second-order valence-electron chi connectivity index (χ2n) is 24.5. The topological polar surface area (TPSA) is 78.9 Å². The van der Waals surface area contributed by atoms with E-state index in [0.29, 0.717) is 19.3 Å². The fraction of sp³-hybridized carbons (Fsp3) is 0.829. The van der Waals surface area contributed by atoms with E-state index in [4.69, 9.17) is 14.2 Å². The molecule has 1 atom stereocenters. The molecule has 1 unspecified atom stereocenters. The van der Waals surface area contributed by atoms with E-state index in [1.807, 2.05) is 0 Å². The number of rotatable bonds is 67. The first-order chi connectivity index (χ1) is 40.5. The molecule has 82 heavy (non-hydrogen) atoms. The summed E-state index contributed by atoms with van der Waals surface area (Å²) in [5.41, 5.74) is 0. The van der Waals surface area contributed by atoms with E-state index in [2.05, 4.69) is 81.5 Å². The van der Waals surface area contributed by atoms with E-state index in [1.165, 1.54) is 270 Å². The lowest BCUT2D eigenvalue weighted by molar-refractivity contribution is -0.167. The lowest BCUT2D eigenvalue weighted by Gasteiger charge is -2.18. The summed E-state index contributed by atoms with van der Waals surface area (Å²) in [5.74, 6) is -0.864. The van der Waals surface area contributed by atoms with Crippen molar-refractivity contribution in [1.82, 2.24) is 0 Å². The third-order valence-electron chi connectivity index (χ3n) is 16.2. The molecular formula is C76H138O6. The number of carbonyl (C=O) groups excluding carboxylic acids is 3. The number of allylic oxidation sites excluding steroid dienone is 10. The summed E-state index contributed by atoms with van der Waals surface area (Å²) in [4.78, 5) is 38.5. The molecule has 0 spiro atoms. The number of unbranched alkanes of at least 4 members (excludes halogenated alkanes) is 46. The number of ether oxygens (including phenoxy) is 3. The van der Waals surface area contributed by atoms with Gasteiger partial charge in [0.25, 0.3) is 0 Å². The first-order valence-electron chi connectivity index (χ1n) is 36.3. The predicted octanol–water partition coefficient (Wildman–Crippen LogP) is 25.1. The fourth-order valence-corrected chi connectivity index (χ4v) is 10.7. The molecule has 0 N–H and O–H groups in total. The molecule has 0 heterocycles. The van der Waals surface area contributed by atoms with E-state index >= 15 is 0 Å². The van der Waals surface area contributed by atoms with Crippen molar-refractivity contribution in [3.63, 3.8) is 0 Å². The maximum absolute atomic E-state index is 13.0. The minimum atomic E-state index is -0.781. The Balaban J connectivity index is 4.31. The third kappa shape index (κ3) is 67.9. The van der Waals surface area contributed by atoms with Crippen LogP contribution in [0.5, 0.6) is 0 Å². The normalized spacial score (nSPS) is 12.4. The highest BCUT2D eigenvalue weighted by atomic mass is 16.6. The molecule has 0 bridgehead atoms. The zero-order chi connectivity index (χ0) is 59.2. The molecule has 0 aromatic carbocycles. The molecule has 0 fully saturated rings. The molecule has 0 aliphatic rings. The molecule has 0 aliphatic carbocycles. The molecule has 0 rings (SSSR count). The molecule has 6 nitrogen and oxygen atoms in total. The van der Waals surface area contributed by atoms with E-state index in [9.17, 15) is 14.4 Å². The average Bonchev–Trinajstić information content (AvgIpc) is 3.47. The number of carbonyl (C=O) groups is 3. The molecule has 6 heteroatoms. The monoisotopic (exact) mass is 1150 g/mol. The fourth-order valence-electron chi connectivity index (χ4n) is 10.7. The maximum Gasteiger partial charge on any atom is 0.306 e. The van der Waals surface area contributed by atoms with Gasteiger partial charge in [-0.15, -0.1) is 0 Å². The standard InChI is InChI=1S/C76H138O6/c1-4-7-10-13-16-19-22-25-28-31-33-35-36-37-38-39-40-42-43-45-48-51-54-57-60-63-66-69-75(78)81-72-73(71-80-74(77)68-65-62-59-56-53-50-47-30-27-24-21-18-15-12-9-6-3)82-76(79)70-67-64-61-58-55-52-49-46-44-41-34-32-29-26-23-20-17-14-11-8-5-2/h22,25,30-34,36-37,47,73H,4-21,23-24,26-29,35,38-46,48-72H2,1-3H3/b25-22-,33-31-,34-32-,37-36-,47-30-. The summed E-state index contributed by atoms with van der Waals surface area (Å²) in [6, 6.07) is 0. The van der Waals surface area contributed by atoms with Crippen LogP contribution in [0.2, 0.25) is 0 Å². The Morgan fingerprint density at radius 2 is 0.439 bits per heavy atom. The maximum atomic E-state index is 13.0. The van der Waals surface area contributed by atoms with Gasteiger partial charge in [0, 0.05) is 19.3 Å². The lowest BCUT2D eigenvalue weighted by atomic mass is 10.0. The number of hydrogen-bond acceptors (Lipinski definition) is 6. The zero-order valence-electron chi connectivity index (χ0n) is 55.0. The number of hydrogen-bond donors (Lipinski definition) is 0. The second-order valence-corrected chi connectivity index (χ2v) is 24.5. The molecule has 0 aromatic rings. The average molecular weight is 1150 g/mol. The van der Waals surface area contributed by atoms with Crippen molar-refractivity contribution in [3.05, 3.63) is 60.8 Å². The van der Waals surface area contributed by atoms with E-state index in [1.54, 1.807) is 0 Å². The summed E-state index contributed by atoms with van der Waals surface area (Å²) < 4.78 is 17.0. The van der Waals surface area contributed by atoms with Crippen LogP contribution in [0.1, 0.15) is 387 Å². The Morgan fingerprint density at radius 1 is 0.244 bits per heavy atom. The first kappa shape index (κ1) is 79.1. The molecular weight excluding hydrogens is 1010 g/mol. The van der Waals surface area contributed by atoms with Crippen LogP contribution in [0, 0.1) is 0 Å². The second kappa shape index (κ2) is 70.6. The van der Waals surface area contributed by atoms with Crippen LogP contribution in [0.15, 0.2) is 60.8 Å². The largest absolute Gasteiger partial charge is 0.462 e. The van der Waals surface area contributed by atoms with Crippen LogP contribution in [0.3, 0.4) is 0 Å². The summed E-state index contributed by atoms with van der Waals surface area (Å²) in [6.45, 7) is 6.68. The van der Waals surface area contributed by atoms with Crippen LogP contribution in [0.25, 0.3) is 0 Å². The van der Waals surface area contributed by atoms with Crippen LogP contribution in [-0.4, -0.2) is 37.2 Å². The summed E-state index contributed by atoms with van der Waals surface area (Å²) in [5, 5.41) is 0. The van der Waals surface area contributed by atoms with Gasteiger partial charge in [0.15, 0.2) is 6.10 Å². The highest BCUT2D eigenvalue weighted by molar-refractivity contribution is 5.71. The van der Waals surface area contributed by atoms with Crippen molar-refractivity contribution in [2.24, 2.45) is 0 Å². The zero-order valence-corrected chi connectivity index (χ0v) is 55.0.